The molecule has 3 aliphatic heterocycles. The molecule has 2 saturated heterocycles. The molecule has 2 fully saturated rings. The first-order valence-corrected chi connectivity index (χ1v) is 12.1. The summed E-state index contributed by atoms with van der Waals surface area (Å²) >= 11 is 1.15. The number of hydrogen-bond donors (Lipinski definition) is 2. The maximum Gasteiger partial charge on any atom is 0.321 e. The molecule has 4 atom stereocenters. The summed E-state index contributed by atoms with van der Waals surface area (Å²) < 4.78 is 27.1. The average Bonchev–Trinajstić information content (AvgIpc) is 3.40. The van der Waals surface area contributed by atoms with Crippen LogP contribution in [0.1, 0.15) is 19.4 Å². The molecule has 0 spiro atoms. The number of rotatable bonds is 3. The molecule has 13 heteroatoms. The Hall–Kier alpha value is -3.19. The number of aldehydes is 1. The summed E-state index contributed by atoms with van der Waals surface area (Å²) in [5, 5.41) is 8.58. The largest absolute Gasteiger partial charge is 0.374 e. The fraction of sp³-hybridized carbons (Fsp3) is 0.500. The van der Waals surface area contributed by atoms with Gasteiger partial charge < -0.3 is 24.3 Å². The van der Waals surface area contributed by atoms with Gasteiger partial charge in [-0.1, -0.05) is 23.8 Å². The quantitative estimate of drug-likeness (QED) is 0.473. The van der Waals surface area contributed by atoms with Crippen molar-refractivity contribution in [3.05, 3.63) is 17.4 Å². The number of ether oxygens (including phenoxy) is 1. The van der Waals surface area contributed by atoms with Crippen LogP contribution in [-0.2, 0) is 20.7 Å². The van der Waals surface area contributed by atoms with Gasteiger partial charge in [-0.05, 0) is 25.0 Å². The van der Waals surface area contributed by atoms with Crippen LogP contribution in [-0.4, -0.2) is 72.8 Å². The Morgan fingerprint density at radius 3 is 2.80 bits per heavy atom. The monoisotopic (exact) mass is 505 g/mol. The molecular formula is C22H24FN5O6S. The summed E-state index contributed by atoms with van der Waals surface area (Å²) in [4.78, 5) is 53.4. The van der Waals surface area contributed by atoms with Gasteiger partial charge in [0.25, 0.3) is 5.24 Å². The normalized spacial score (nSPS) is 28.0. The third-order valence-electron chi connectivity index (χ3n) is 6.84. The molecule has 1 aromatic carbocycles. The molecule has 1 aromatic heterocycles. The molecular weight excluding hydrogens is 481 g/mol. The van der Waals surface area contributed by atoms with E-state index in [1.807, 2.05) is 6.92 Å². The van der Waals surface area contributed by atoms with Crippen LogP contribution in [0, 0.1) is 11.2 Å². The van der Waals surface area contributed by atoms with Gasteiger partial charge in [0.1, 0.15) is 11.7 Å². The third-order valence-corrected chi connectivity index (χ3v) is 7.81. The number of hydrogen-bond acceptors (Lipinski definition) is 9. The molecule has 0 saturated carbocycles. The highest BCUT2D eigenvalue weighted by Crippen LogP contribution is 2.48. The molecule has 3 unspecified atom stereocenters. The number of amides is 4. The van der Waals surface area contributed by atoms with Crippen LogP contribution in [0.2, 0.25) is 0 Å². The molecule has 2 N–H and O–H groups in total. The first kappa shape index (κ1) is 23.5. The molecule has 11 nitrogen and oxygen atoms in total. The highest BCUT2D eigenvalue weighted by molar-refractivity contribution is 8.14. The number of carbonyl (C=O) groups excluding carboxylic acids is 4. The summed E-state index contributed by atoms with van der Waals surface area (Å²) in [6.45, 7) is 4.46. The maximum atomic E-state index is 16.0. The number of carbonyl (C=O) groups is 4. The Balaban J connectivity index is 1.68. The van der Waals surface area contributed by atoms with Crippen molar-refractivity contribution < 1.29 is 32.8 Å². The van der Waals surface area contributed by atoms with Gasteiger partial charge in [-0.15, -0.1) is 0 Å². The second-order valence-electron chi connectivity index (χ2n) is 8.97. The molecule has 186 valence electrons. The summed E-state index contributed by atoms with van der Waals surface area (Å²) in [7, 11) is 1.35. The minimum atomic E-state index is -1.73. The van der Waals surface area contributed by atoms with E-state index in [-0.39, 0.29) is 52.5 Å². The molecule has 2 aromatic rings. The fourth-order valence-corrected chi connectivity index (χ4v) is 6.19. The van der Waals surface area contributed by atoms with Crippen LogP contribution in [0.5, 0.6) is 0 Å². The number of nitrogens with one attached hydrogen (secondary N) is 2. The number of imide groups is 1. The number of fused-ring (bicyclic) bond motifs is 4. The number of nitrogens with zero attached hydrogens (tertiary/aromatic N) is 3. The van der Waals surface area contributed by atoms with Crippen LogP contribution >= 0.6 is 11.8 Å². The number of urea groups is 1. The molecule has 0 bridgehead atoms. The zero-order valence-corrected chi connectivity index (χ0v) is 20.1. The van der Waals surface area contributed by atoms with E-state index in [1.54, 1.807) is 17.9 Å². The van der Waals surface area contributed by atoms with E-state index in [0.717, 1.165) is 11.8 Å². The van der Waals surface area contributed by atoms with Gasteiger partial charge in [-0.25, -0.2) is 9.18 Å². The van der Waals surface area contributed by atoms with Gasteiger partial charge in [0.2, 0.25) is 11.5 Å². The molecule has 4 heterocycles. The van der Waals surface area contributed by atoms with Crippen molar-refractivity contribution in [2.24, 2.45) is 5.41 Å². The fourth-order valence-electron chi connectivity index (χ4n) is 5.34. The first-order chi connectivity index (χ1) is 16.7. The topological polar surface area (TPSA) is 134 Å². The lowest BCUT2D eigenvalue weighted by molar-refractivity contribution is -0.142. The van der Waals surface area contributed by atoms with Gasteiger partial charge in [-0.3, -0.25) is 19.8 Å². The van der Waals surface area contributed by atoms with Gasteiger partial charge >= 0.3 is 6.03 Å². The minimum Gasteiger partial charge on any atom is -0.374 e. The Bertz CT molecular complexity index is 1250. The van der Waals surface area contributed by atoms with E-state index in [0.29, 0.717) is 18.4 Å². The van der Waals surface area contributed by atoms with E-state index in [2.05, 4.69) is 15.8 Å². The van der Waals surface area contributed by atoms with Crippen LogP contribution in [0.15, 0.2) is 10.6 Å². The summed E-state index contributed by atoms with van der Waals surface area (Å²) in [6.07, 6.45) is -0.283. The van der Waals surface area contributed by atoms with Crippen molar-refractivity contribution in [1.29, 1.82) is 0 Å². The molecule has 4 amide bonds. The number of halogens is 1. The lowest BCUT2D eigenvalue weighted by atomic mass is 9.69. The second kappa shape index (κ2) is 8.48. The summed E-state index contributed by atoms with van der Waals surface area (Å²) in [5.41, 5.74) is -1.27. The number of benzene rings is 1. The van der Waals surface area contributed by atoms with Crippen molar-refractivity contribution in [2.75, 3.05) is 36.5 Å². The third kappa shape index (κ3) is 3.47. The Labute approximate surface area is 203 Å². The van der Waals surface area contributed by atoms with Crippen LogP contribution in [0.25, 0.3) is 11.0 Å². The summed E-state index contributed by atoms with van der Waals surface area (Å²) in [6, 6.07) is -0.0137. The number of anilines is 2. The number of aromatic nitrogens is 1. The molecule has 3 aliphatic rings. The zero-order chi connectivity index (χ0) is 25.1. The molecule has 5 rings (SSSR count). The van der Waals surface area contributed by atoms with Crippen molar-refractivity contribution in [2.45, 2.75) is 37.7 Å². The lowest BCUT2D eigenvalue weighted by Gasteiger charge is -2.52. The first-order valence-electron chi connectivity index (χ1n) is 11.2. The lowest BCUT2D eigenvalue weighted by Crippen LogP contribution is -2.67. The number of morpholine rings is 1. The highest BCUT2D eigenvalue weighted by Gasteiger charge is 2.57. The standard InChI is InChI=1S/C22H24FN5O6S/c1-10-8-28(21(32)35-10)18-13-6-12-7-22(9-29,19(30)25-20(31)24-3)17-11(2)33-5-4-27(17)15(12)14(23)16(13)34-26-18/h6,9-11,17H,4-5,7-8H2,1-3H3,(H2,24,25,30,31)/t10?,11-,17?,22?/m0/s1. The average molecular weight is 506 g/mol. The number of thioether (sulfide) groups is 1. The molecule has 0 radical (unpaired) electrons. The Morgan fingerprint density at radius 2 is 2.14 bits per heavy atom. The van der Waals surface area contributed by atoms with Gasteiger partial charge in [0.15, 0.2) is 11.6 Å². The van der Waals surface area contributed by atoms with E-state index in [4.69, 9.17) is 9.26 Å². The Kier molecular flexibility index (Phi) is 5.71. The minimum absolute atomic E-state index is 0.0310. The van der Waals surface area contributed by atoms with Crippen LogP contribution in [0.4, 0.5) is 25.5 Å². The predicted octanol–water partition coefficient (Wildman–Crippen LogP) is 1.82. The van der Waals surface area contributed by atoms with Crippen molar-refractivity contribution >= 4 is 57.7 Å². The van der Waals surface area contributed by atoms with Crippen LogP contribution in [0.3, 0.4) is 0 Å². The summed E-state index contributed by atoms with van der Waals surface area (Å²) in [5.74, 6) is -1.31. The molecule has 35 heavy (non-hydrogen) atoms. The highest BCUT2D eigenvalue weighted by atomic mass is 32.2. The van der Waals surface area contributed by atoms with Crippen LogP contribution < -0.4 is 20.4 Å². The van der Waals surface area contributed by atoms with Gasteiger partial charge in [0.05, 0.1) is 29.8 Å². The Morgan fingerprint density at radius 1 is 1.37 bits per heavy atom. The van der Waals surface area contributed by atoms with Crippen molar-refractivity contribution in [3.8, 4) is 0 Å². The smallest absolute Gasteiger partial charge is 0.321 e. The van der Waals surface area contributed by atoms with Crippen molar-refractivity contribution in [1.82, 2.24) is 15.8 Å². The van der Waals surface area contributed by atoms with E-state index in [1.165, 1.54) is 11.9 Å². The molecule has 0 aliphatic carbocycles. The van der Waals surface area contributed by atoms with E-state index >= 15 is 4.39 Å². The second-order valence-corrected chi connectivity index (χ2v) is 10.4. The van der Waals surface area contributed by atoms with Crippen molar-refractivity contribution in [3.63, 3.8) is 0 Å². The zero-order valence-electron chi connectivity index (χ0n) is 19.3. The van der Waals surface area contributed by atoms with Gasteiger partial charge in [-0.2, -0.15) is 0 Å². The maximum absolute atomic E-state index is 16.0. The van der Waals surface area contributed by atoms with Gasteiger partial charge in [0, 0.05) is 25.4 Å². The van der Waals surface area contributed by atoms with E-state index < -0.39 is 35.3 Å². The predicted molar refractivity (Wildman–Crippen MR) is 125 cm³/mol. The SMILES string of the molecule is CNC(=O)NC(=O)C1(C=O)Cc2cc3c(N4CC(C)SC4=O)noc3c(F)c2N2CCO[C@@H](C)C21. The van der Waals surface area contributed by atoms with E-state index in [9.17, 15) is 19.2 Å².